The van der Waals surface area contributed by atoms with E-state index >= 15 is 0 Å². The van der Waals surface area contributed by atoms with E-state index in [0.717, 1.165) is 0 Å². The molecule has 4 rings (SSSR count). The Morgan fingerprint density at radius 1 is 1.15 bits per heavy atom. The van der Waals surface area contributed by atoms with E-state index in [-0.39, 0.29) is 40.1 Å². The van der Waals surface area contributed by atoms with E-state index in [2.05, 4.69) is 0 Å². The van der Waals surface area contributed by atoms with E-state index in [1.807, 2.05) is 0 Å². The predicted molar refractivity (Wildman–Crippen MR) is 97.5 cm³/mol. The van der Waals surface area contributed by atoms with Gasteiger partial charge in [-0.1, -0.05) is 12.1 Å². The Morgan fingerprint density at radius 3 is 2.63 bits per heavy atom. The lowest BCUT2D eigenvalue weighted by Crippen LogP contribution is -2.40. The molecule has 1 aromatic carbocycles. The van der Waals surface area contributed by atoms with Crippen molar-refractivity contribution in [1.29, 1.82) is 0 Å². The summed E-state index contributed by atoms with van der Waals surface area (Å²) in [5, 5.41) is 0.693. The zero-order chi connectivity index (χ0) is 19.0. The fraction of sp³-hybridized carbons (Fsp3) is 0.350. The number of benzene rings is 1. The third-order valence-electron chi connectivity index (χ3n) is 4.89. The van der Waals surface area contributed by atoms with E-state index in [4.69, 9.17) is 13.6 Å². The molecular formula is C20H19NO6. The number of rotatable bonds is 3. The molecule has 3 heterocycles. The molecule has 0 aliphatic carbocycles. The third kappa shape index (κ3) is 3.09. The lowest BCUT2D eigenvalue weighted by Gasteiger charge is -2.30. The van der Waals surface area contributed by atoms with Crippen LogP contribution in [0.15, 0.2) is 44.0 Å². The molecule has 1 aliphatic heterocycles. The van der Waals surface area contributed by atoms with Crippen LogP contribution in [0, 0.1) is 5.92 Å². The van der Waals surface area contributed by atoms with Crippen molar-refractivity contribution in [2.45, 2.75) is 19.8 Å². The van der Waals surface area contributed by atoms with E-state index in [1.165, 1.54) is 6.07 Å². The maximum atomic E-state index is 12.7. The van der Waals surface area contributed by atoms with Gasteiger partial charge >= 0.3 is 11.7 Å². The summed E-state index contributed by atoms with van der Waals surface area (Å²) in [5.74, 6) is -0.598. The molecule has 7 nitrogen and oxygen atoms in total. The third-order valence-corrected chi connectivity index (χ3v) is 4.89. The molecule has 1 aliphatic rings. The van der Waals surface area contributed by atoms with Crippen LogP contribution in [0.1, 0.15) is 30.3 Å². The summed E-state index contributed by atoms with van der Waals surface area (Å²) in [6.07, 6.45) is 1.09. The lowest BCUT2D eigenvalue weighted by molar-refractivity contribution is -0.149. The van der Waals surface area contributed by atoms with Crippen LogP contribution in [0.3, 0.4) is 0 Å². The standard InChI is InChI=1S/C20H19NO6/c1-2-25-19(24)12-7-9-21(10-8-12)18(23)16-11-14-17(22)13-5-3-4-6-15(13)26-20(14)27-16/h3-6,11-12H,2,7-10H2,1H3. The van der Waals surface area contributed by atoms with Crippen LogP contribution in [0.4, 0.5) is 0 Å². The summed E-state index contributed by atoms with van der Waals surface area (Å²) in [6, 6.07) is 8.31. The molecule has 2 aromatic heterocycles. The average Bonchev–Trinajstić information content (AvgIpc) is 3.12. The number of hydrogen-bond donors (Lipinski definition) is 0. The number of carbonyl (C=O) groups is 2. The van der Waals surface area contributed by atoms with Gasteiger partial charge in [0.2, 0.25) is 5.43 Å². The molecule has 3 aromatic rings. The first-order valence-electron chi connectivity index (χ1n) is 8.99. The number of ether oxygens (including phenoxy) is 1. The molecule has 140 valence electrons. The van der Waals surface area contributed by atoms with Crippen LogP contribution in [0.25, 0.3) is 22.1 Å². The van der Waals surface area contributed by atoms with Crippen molar-refractivity contribution in [3.05, 3.63) is 46.3 Å². The summed E-state index contributed by atoms with van der Waals surface area (Å²) in [4.78, 5) is 38.8. The molecule has 0 saturated carbocycles. The van der Waals surface area contributed by atoms with Gasteiger partial charge in [-0.3, -0.25) is 14.4 Å². The van der Waals surface area contributed by atoms with Crippen LogP contribution in [0.5, 0.6) is 0 Å². The number of likely N-dealkylation sites (tertiary alicyclic amines) is 1. The highest BCUT2D eigenvalue weighted by Crippen LogP contribution is 2.25. The van der Waals surface area contributed by atoms with Gasteiger partial charge in [0.15, 0.2) is 5.76 Å². The van der Waals surface area contributed by atoms with Crippen LogP contribution in [-0.4, -0.2) is 36.5 Å². The zero-order valence-corrected chi connectivity index (χ0v) is 14.9. The molecular weight excluding hydrogens is 350 g/mol. The smallest absolute Gasteiger partial charge is 0.309 e. The van der Waals surface area contributed by atoms with E-state index in [0.29, 0.717) is 43.5 Å². The van der Waals surface area contributed by atoms with Crippen molar-refractivity contribution in [3.8, 4) is 0 Å². The number of furan rings is 1. The quantitative estimate of drug-likeness (QED) is 0.660. The molecule has 0 radical (unpaired) electrons. The molecule has 0 spiro atoms. The highest BCUT2D eigenvalue weighted by atomic mass is 16.5. The number of nitrogens with zero attached hydrogens (tertiary/aromatic N) is 1. The summed E-state index contributed by atoms with van der Waals surface area (Å²) in [7, 11) is 0. The first-order chi connectivity index (χ1) is 13.1. The first-order valence-corrected chi connectivity index (χ1v) is 8.99. The topological polar surface area (TPSA) is 90.0 Å². The Bertz CT molecular complexity index is 1070. The number of fused-ring (bicyclic) bond motifs is 2. The monoisotopic (exact) mass is 369 g/mol. The number of para-hydroxylation sites is 1. The predicted octanol–water partition coefficient (Wildman–Crippen LogP) is 2.95. The van der Waals surface area contributed by atoms with E-state index in [1.54, 1.807) is 36.1 Å². The minimum Gasteiger partial charge on any atom is -0.466 e. The van der Waals surface area contributed by atoms with Gasteiger partial charge in [-0.25, -0.2) is 0 Å². The summed E-state index contributed by atoms with van der Waals surface area (Å²) < 4.78 is 16.2. The second-order valence-electron chi connectivity index (χ2n) is 6.56. The molecule has 1 amide bonds. The van der Waals surface area contributed by atoms with Gasteiger partial charge in [0.25, 0.3) is 5.91 Å². The van der Waals surface area contributed by atoms with Gasteiger partial charge < -0.3 is 18.5 Å². The minimum atomic E-state index is -0.313. The lowest BCUT2D eigenvalue weighted by atomic mass is 9.97. The number of hydrogen-bond acceptors (Lipinski definition) is 6. The first kappa shape index (κ1) is 17.3. The van der Waals surface area contributed by atoms with E-state index in [9.17, 15) is 14.4 Å². The van der Waals surface area contributed by atoms with Crippen molar-refractivity contribution in [2.24, 2.45) is 5.92 Å². The Morgan fingerprint density at radius 2 is 1.89 bits per heavy atom. The maximum absolute atomic E-state index is 12.7. The number of amides is 1. The molecule has 1 saturated heterocycles. The Labute approximate surface area is 154 Å². The maximum Gasteiger partial charge on any atom is 0.309 e. The minimum absolute atomic E-state index is 0.0449. The van der Waals surface area contributed by atoms with Crippen LogP contribution in [0.2, 0.25) is 0 Å². The van der Waals surface area contributed by atoms with Crippen molar-refractivity contribution >= 4 is 34.0 Å². The van der Waals surface area contributed by atoms with Gasteiger partial charge in [0, 0.05) is 19.2 Å². The van der Waals surface area contributed by atoms with Crippen LogP contribution >= 0.6 is 0 Å². The Balaban J connectivity index is 1.57. The fourth-order valence-electron chi connectivity index (χ4n) is 3.44. The Kier molecular flexibility index (Phi) is 4.43. The van der Waals surface area contributed by atoms with Gasteiger partial charge in [-0.05, 0) is 31.9 Å². The highest BCUT2D eigenvalue weighted by molar-refractivity contribution is 5.97. The average molecular weight is 369 g/mol. The van der Waals surface area contributed by atoms with Crippen LogP contribution in [-0.2, 0) is 9.53 Å². The van der Waals surface area contributed by atoms with Gasteiger partial charge in [-0.2, -0.15) is 0 Å². The molecule has 7 heteroatoms. The molecule has 0 N–H and O–H groups in total. The van der Waals surface area contributed by atoms with E-state index < -0.39 is 0 Å². The highest BCUT2D eigenvalue weighted by Gasteiger charge is 2.30. The fourth-order valence-corrected chi connectivity index (χ4v) is 3.44. The summed E-state index contributed by atoms with van der Waals surface area (Å²) in [5.41, 5.74) is 0.189. The molecule has 1 fully saturated rings. The van der Waals surface area contributed by atoms with Gasteiger partial charge in [-0.15, -0.1) is 0 Å². The molecule has 0 unspecified atom stereocenters. The van der Waals surface area contributed by atoms with Crippen molar-refractivity contribution in [2.75, 3.05) is 19.7 Å². The second kappa shape index (κ2) is 6.90. The van der Waals surface area contributed by atoms with Gasteiger partial charge in [0.1, 0.15) is 11.0 Å². The zero-order valence-electron chi connectivity index (χ0n) is 14.9. The van der Waals surface area contributed by atoms with Crippen molar-refractivity contribution < 1.29 is 23.2 Å². The molecule has 0 atom stereocenters. The summed E-state index contributed by atoms with van der Waals surface area (Å²) >= 11 is 0. The van der Waals surface area contributed by atoms with Crippen molar-refractivity contribution in [1.82, 2.24) is 4.90 Å². The molecule has 0 bridgehead atoms. The normalized spacial score (nSPS) is 15.4. The Hall–Kier alpha value is -3.09. The number of esters is 1. The largest absolute Gasteiger partial charge is 0.466 e. The number of carbonyl (C=O) groups excluding carboxylic acids is 2. The van der Waals surface area contributed by atoms with Crippen LogP contribution < -0.4 is 5.43 Å². The van der Waals surface area contributed by atoms with Gasteiger partial charge in [0.05, 0.1) is 17.9 Å². The molecule has 27 heavy (non-hydrogen) atoms. The van der Waals surface area contributed by atoms with Crippen molar-refractivity contribution in [3.63, 3.8) is 0 Å². The SMILES string of the molecule is CCOC(=O)C1CCN(C(=O)c2cc3c(=O)c4ccccc4oc3o2)CC1. The summed E-state index contributed by atoms with van der Waals surface area (Å²) in [6.45, 7) is 2.99. The second-order valence-corrected chi connectivity index (χ2v) is 6.56. The number of piperidine rings is 1.